The summed E-state index contributed by atoms with van der Waals surface area (Å²) in [6.45, 7) is 0.885. The van der Waals surface area contributed by atoms with Gasteiger partial charge in [-0.3, -0.25) is 9.59 Å². The molecule has 3 aromatic rings. The van der Waals surface area contributed by atoms with Crippen molar-refractivity contribution in [3.63, 3.8) is 0 Å². The first kappa shape index (κ1) is 21.7. The molecule has 0 spiro atoms. The first-order valence-electron chi connectivity index (χ1n) is 10.5. The van der Waals surface area contributed by atoms with Gasteiger partial charge < -0.3 is 14.8 Å². The van der Waals surface area contributed by atoms with Gasteiger partial charge in [-0.25, -0.2) is 13.8 Å². The number of nitrogens with one attached hydrogen (secondary N) is 1. The number of likely N-dealkylation sites (tertiary alicyclic amines) is 1. The molecule has 8 heteroatoms. The maximum Gasteiger partial charge on any atom is 0.253 e. The topological polar surface area (TPSA) is 67.2 Å². The molecule has 1 atom stereocenters. The highest BCUT2D eigenvalue weighted by molar-refractivity contribution is 5.94. The van der Waals surface area contributed by atoms with Crippen LogP contribution >= 0.6 is 0 Å². The molecule has 166 valence electrons. The van der Waals surface area contributed by atoms with E-state index in [-0.39, 0.29) is 29.4 Å². The normalized spacial score (nSPS) is 15.4. The average molecular weight is 438 g/mol. The highest BCUT2D eigenvalue weighted by Gasteiger charge is 2.30. The minimum atomic E-state index is -0.512. The van der Waals surface area contributed by atoms with Crippen LogP contribution in [0.4, 0.5) is 8.78 Å². The van der Waals surface area contributed by atoms with Crippen LogP contribution in [0.5, 0.6) is 0 Å². The van der Waals surface area contributed by atoms with Gasteiger partial charge in [0.05, 0.1) is 0 Å². The van der Waals surface area contributed by atoms with E-state index < -0.39 is 6.04 Å². The number of aromatic nitrogens is 2. The van der Waals surface area contributed by atoms with Gasteiger partial charge in [0.2, 0.25) is 5.91 Å². The van der Waals surface area contributed by atoms with Gasteiger partial charge >= 0.3 is 0 Å². The number of rotatable bonds is 5. The summed E-state index contributed by atoms with van der Waals surface area (Å²) in [6, 6.07) is 10.9. The summed E-state index contributed by atoms with van der Waals surface area (Å²) in [5.41, 5.74) is 1.17. The molecule has 2 heterocycles. The smallest absolute Gasteiger partial charge is 0.253 e. The Morgan fingerprint density at radius 1 is 1.00 bits per heavy atom. The number of hydrogen-bond acceptors (Lipinski definition) is 3. The first-order valence-corrected chi connectivity index (χ1v) is 10.5. The van der Waals surface area contributed by atoms with Gasteiger partial charge in [0.25, 0.3) is 5.91 Å². The lowest BCUT2D eigenvalue weighted by Gasteiger charge is -2.32. The van der Waals surface area contributed by atoms with Crippen LogP contribution in [0.25, 0.3) is 0 Å². The third kappa shape index (κ3) is 4.69. The summed E-state index contributed by atoms with van der Waals surface area (Å²) in [7, 11) is 1.84. The number of nitrogens with zero attached hydrogens (tertiary/aromatic N) is 3. The predicted octanol–water partition coefficient (Wildman–Crippen LogP) is 3.46. The van der Waals surface area contributed by atoms with E-state index in [9.17, 15) is 18.4 Å². The van der Waals surface area contributed by atoms with Crippen LogP contribution in [0.1, 0.15) is 40.6 Å². The van der Waals surface area contributed by atoms with Crippen LogP contribution in [0.3, 0.4) is 0 Å². The van der Waals surface area contributed by atoms with Gasteiger partial charge in [0, 0.05) is 44.0 Å². The molecule has 1 aromatic heterocycles. The van der Waals surface area contributed by atoms with Crippen molar-refractivity contribution >= 4 is 11.8 Å². The number of imidazole rings is 1. The Bertz CT molecular complexity index is 1090. The Morgan fingerprint density at radius 3 is 2.16 bits per heavy atom. The number of carbonyl (C=O) groups is 2. The van der Waals surface area contributed by atoms with Gasteiger partial charge in [-0.15, -0.1) is 0 Å². The van der Waals surface area contributed by atoms with Crippen molar-refractivity contribution in [3.05, 3.63) is 89.5 Å². The van der Waals surface area contributed by atoms with Crippen LogP contribution in [0.15, 0.2) is 60.9 Å². The Balaban J connectivity index is 1.42. The van der Waals surface area contributed by atoms with Crippen molar-refractivity contribution in [1.29, 1.82) is 0 Å². The quantitative estimate of drug-likeness (QED) is 0.664. The zero-order valence-corrected chi connectivity index (χ0v) is 17.7. The molecule has 2 amide bonds. The van der Waals surface area contributed by atoms with Crippen molar-refractivity contribution in [2.24, 2.45) is 13.0 Å². The van der Waals surface area contributed by atoms with E-state index in [2.05, 4.69) is 10.3 Å². The van der Waals surface area contributed by atoms with Crippen molar-refractivity contribution < 1.29 is 18.4 Å². The Hall–Kier alpha value is -3.55. The molecule has 1 N–H and O–H groups in total. The number of halogens is 2. The van der Waals surface area contributed by atoms with Crippen molar-refractivity contribution in [2.45, 2.75) is 18.9 Å². The van der Waals surface area contributed by atoms with Crippen LogP contribution in [-0.4, -0.2) is 39.4 Å². The van der Waals surface area contributed by atoms with Gasteiger partial charge in [-0.2, -0.15) is 0 Å². The van der Waals surface area contributed by atoms with Crippen molar-refractivity contribution in [1.82, 2.24) is 19.8 Å². The second-order valence-electron chi connectivity index (χ2n) is 7.96. The molecular weight excluding hydrogens is 414 g/mol. The summed E-state index contributed by atoms with van der Waals surface area (Å²) in [5, 5.41) is 3.06. The fraction of sp³-hybridized carbons (Fsp3) is 0.292. The molecule has 0 saturated carbocycles. The number of piperidine rings is 1. The molecule has 1 aliphatic rings. The zero-order chi connectivity index (χ0) is 22.7. The van der Waals surface area contributed by atoms with Crippen LogP contribution in [0, 0.1) is 17.6 Å². The molecule has 2 aromatic carbocycles. The second-order valence-corrected chi connectivity index (χ2v) is 7.96. The lowest BCUT2D eigenvalue weighted by Crippen LogP contribution is -2.44. The Morgan fingerprint density at radius 2 is 1.59 bits per heavy atom. The lowest BCUT2D eigenvalue weighted by molar-refractivity contribution is -0.126. The van der Waals surface area contributed by atoms with Gasteiger partial charge in [0.15, 0.2) is 0 Å². The zero-order valence-electron chi connectivity index (χ0n) is 17.7. The number of benzene rings is 2. The lowest BCUT2D eigenvalue weighted by atomic mass is 9.94. The molecule has 0 radical (unpaired) electrons. The maximum atomic E-state index is 13.4. The van der Waals surface area contributed by atoms with Gasteiger partial charge in [0.1, 0.15) is 23.5 Å². The monoisotopic (exact) mass is 438 g/mol. The highest BCUT2D eigenvalue weighted by Crippen LogP contribution is 2.24. The second kappa shape index (κ2) is 9.30. The SMILES string of the molecule is Cn1ccnc1[C@H](NC(=O)C1CCN(C(=O)c2ccc(F)cc2)CC1)c1ccc(F)cc1. The third-order valence-corrected chi connectivity index (χ3v) is 5.85. The van der Waals surface area contributed by atoms with Crippen LogP contribution in [0.2, 0.25) is 0 Å². The van der Waals surface area contributed by atoms with E-state index in [0.29, 0.717) is 37.3 Å². The Labute approximate surface area is 184 Å². The standard InChI is InChI=1S/C24H24F2N4O2/c1-29-15-12-27-22(29)21(16-2-6-19(25)7-3-16)28-23(31)17-10-13-30(14-11-17)24(32)18-4-8-20(26)9-5-18/h2-9,12,15,17,21H,10-11,13-14H2,1H3,(H,28,31)/t21-/m1/s1. The number of hydrogen-bond donors (Lipinski definition) is 1. The summed E-state index contributed by atoms with van der Waals surface area (Å²) >= 11 is 0. The molecule has 0 bridgehead atoms. The summed E-state index contributed by atoms with van der Waals surface area (Å²) in [5.74, 6) is -0.640. The summed E-state index contributed by atoms with van der Waals surface area (Å²) in [6.07, 6.45) is 4.49. The van der Waals surface area contributed by atoms with Crippen LogP contribution < -0.4 is 5.32 Å². The molecule has 1 saturated heterocycles. The minimum Gasteiger partial charge on any atom is -0.342 e. The van der Waals surface area contributed by atoms with Gasteiger partial charge in [-0.1, -0.05) is 12.1 Å². The molecule has 0 unspecified atom stereocenters. The van der Waals surface area contributed by atoms with E-state index in [4.69, 9.17) is 0 Å². The van der Waals surface area contributed by atoms with Crippen molar-refractivity contribution in [2.75, 3.05) is 13.1 Å². The van der Waals surface area contributed by atoms with E-state index in [1.165, 1.54) is 36.4 Å². The average Bonchev–Trinajstić information content (AvgIpc) is 3.23. The third-order valence-electron chi connectivity index (χ3n) is 5.85. The molecule has 1 fully saturated rings. The molecule has 4 rings (SSSR count). The summed E-state index contributed by atoms with van der Waals surface area (Å²) < 4.78 is 28.3. The van der Waals surface area contributed by atoms with E-state index in [1.807, 2.05) is 11.6 Å². The van der Waals surface area contributed by atoms with Crippen molar-refractivity contribution in [3.8, 4) is 0 Å². The maximum absolute atomic E-state index is 13.4. The molecule has 1 aliphatic heterocycles. The van der Waals surface area contributed by atoms with E-state index >= 15 is 0 Å². The highest BCUT2D eigenvalue weighted by atomic mass is 19.1. The largest absolute Gasteiger partial charge is 0.342 e. The van der Waals surface area contributed by atoms with Gasteiger partial charge in [-0.05, 0) is 54.8 Å². The van der Waals surface area contributed by atoms with Crippen LogP contribution in [-0.2, 0) is 11.8 Å². The molecule has 6 nitrogen and oxygen atoms in total. The Kier molecular flexibility index (Phi) is 6.30. The number of amides is 2. The summed E-state index contributed by atoms with van der Waals surface area (Å²) in [4.78, 5) is 31.8. The first-order chi connectivity index (χ1) is 15.4. The van der Waals surface area contributed by atoms with E-state index in [0.717, 1.165) is 5.56 Å². The number of aryl methyl sites for hydroxylation is 1. The molecule has 0 aliphatic carbocycles. The fourth-order valence-electron chi connectivity index (χ4n) is 3.99. The minimum absolute atomic E-state index is 0.129. The number of carbonyl (C=O) groups excluding carboxylic acids is 2. The molecule has 32 heavy (non-hydrogen) atoms. The molecular formula is C24H24F2N4O2. The predicted molar refractivity (Wildman–Crippen MR) is 115 cm³/mol. The van der Waals surface area contributed by atoms with E-state index in [1.54, 1.807) is 29.4 Å². The fourth-order valence-corrected chi connectivity index (χ4v) is 3.99.